The van der Waals surface area contributed by atoms with Gasteiger partial charge in [-0.25, -0.2) is 4.98 Å². The average molecular weight is 348 g/mol. The number of piperidine rings is 1. The van der Waals surface area contributed by atoms with E-state index in [4.69, 9.17) is 4.74 Å². The van der Waals surface area contributed by atoms with Gasteiger partial charge in [0.15, 0.2) is 0 Å². The molecule has 1 unspecified atom stereocenters. The predicted octanol–water partition coefficient (Wildman–Crippen LogP) is -0.184. The number of likely N-dealkylation sites (tertiary alicyclic amines) is 1. The van der Waals surface area contributed by atoms with Gasteiger partial charge in [0.1, 0.15) is 12.4 Å². The molecule has 0 saturated carbocycles. The average Bonchev–Trinajstić information content (AvgIpc) is 3.03. The first kappa shape index (κ1) is 17.6. The van der Waals surface area contributed by atoms with Crippen molar-refractivity contribution < 1.29 is 14.3 Å². The number of fused-ring (bicyclic) bond motifs is 1. The minimum Gasteiger partial charge on any atom is -0.375 e. The summed E-state index contributed by atoms with van der Waals surface area (Å²) in [5, 5.41) is 0. The van der Waals surface area contributed by atoms with E-state index in [0.717, 1.165) is 12.8 Å². The molecular weight excluding hydrogens is 324 g/mol. The second kappa shape index (κ2) is 6.95. The van der Waals surface area contributed by atoms with Gasteiger partial charge in [-0.1, -0.05) is 0 Å². The van der Waals surface area contributed by atoms with E-state index in [1.54, 1.807) is 23.8 Å². The molecule has 1 aromatic heterocycles. The molecule has 8 heteroatoms. The number of hydrogen-bond donors (Lipinski definition) is 0. The second-order valence-electron chi connectivity index (χ2n) is 6.75. The lowest BCUT2D eigenvalue weighted by atomic mass is 9.96. The molecule has 3 rings (SSSR count). The van der Waals surface area contributed by atoms with Crippen molar-refractivity contribution in [1.29, 1.82) is 0 Å². The SMILES string of the molecule is COCC(=O)N1CCCC(C(=O)N2Cc3nc(C)n(C)c(=O)c3C2)C1. The van der Waals surface area contributed by atoms with E-state index in [2.05, 4.69) is 4.98 Å². The third-order valence-electron chi connectivity index (χ3n) is 5.09. The van der Waals surface area contributed by atoms with Crippen LogP contribution in [0.3, 0.4) is 0 Å². The van der Waals surface area contributed by atoms with E-state index in [0.29, 0.717) is 43.3 Å². The Morgan fingerprint density at radius 2 is 2.04 bits per heavy atom. The number of rotatable bonds is 3. The lowest BCUT2D eigenvalue weighted by Crippen LogP contribution is -2.46. The van der Waals surface area contributed by atoms with Crippen LogP contribution in [-0.4, -0.2) is 58.0 Å². The van der Waals surface area contributed by atoms with Crippen LogP contribution in [0.25, 0.3) is 0 Å². The fourth-order valence-corrected chi connectivity index (χ4v) is 3.56. The fourth-order valence-electron chi connectivity index (χ4n) is 3.56. The maximum atomic E-state index is 12.9. The maximum absolute atomic E-state index is 12.9. The Morgan fingerprint density at radius 1 is 1.28 bits per heavy atom. The van der Waals surface area contributed by atoms with Gasteiger partial charge in [0, 0.05) is 27.2 Å². The van der Waals surface area contributed by atoms with Crippen LogP contribution in [0.1, 0.15) is 29.9 Å². The summed E-state index contributed by atoms with van der Waals surface area (Å²) in [6.45, 7) is 3.57. The molecule has 25 heavy (non-hydrogen) atoms. The highest BCUT2D eigenvalue weighted by atomic mass is 16.5. The number of nitrogens with zero attached hydrogens (tertiary/aromatic N) is 4. The van der Waals surface area contributed by atoms with Gasteiger partial charge in [-0.15, -0.1) is 0 Å². The van der Waals surface area contributed by atoms with Gasteiger partial charge >= 0.3 is 0 Å². The molecule has 1 atom stereocenters. The summed E-state index contributed by atoms with van der Waals surface area (Å²) in [4.78, 5) is 45.1. The van der Waals surface area contributed by atoms with Crippen LogP contribution >= 0.6 is 0 Å². The van der Waals surface area contributed by atoms with Gasteiger partial charge in [-0.05, 0) is 19.8 Å². The molecule has 136 valence electrons. The van der Waals surface area contributed by atoms with E-state index in [9.17, 15) is 14.4 Å². The number of aromatic nitrogens is 2. The van der Waals surface area contributed by atoms with Gasteiger partial charge in [-0.2, -0.15) is 0 Å². The molecule has 0 bridgehead atoms. The standard InChI is InChI=1S/C17H24N4O4/c1-11-18-14-9-21(8-13(14)17(24)19(11)2)16(23)12-5-4-6-20(7-12)15(22)10-25-3/h12H,4-10H2,1-3H3. The third-order valence-corrected chi connectivity index (χ3v) is 5.09. The largest absolute Gasteiger partial charge is 0.375 e. The second-order valence-corrected chi connectivity index (χ2v) is 6.75. The molecule has 2 aliphatic rings. The lowest BCUT2D eigenvalue weighted by molar-refractivity contribution is -0.143. The van der Waals surface area contributed by atoms with E-state index < -0.39 is 0 Å². The monoisotopic (exact) mass is 348 g/mol. The summed E-state index contributed by atoms with van der Waals surface area (Å²) in [6, 6.07) is 0. The Bertz CT molecular complexity index is 758. The first-order chi connectivity index (χ1) is 11.9. The van der Waals surface area contributed by atoms with Crippen LogP contribution in [0.4, 0.5) is 0 Å². The van der Waals surface area contributed by atoms with Crippen molar-refractivity contribution in [2.75, 3.05) is 26.8 Å². The van der Waals surface area contributed by atoms with Crippen molar-refractivity contribution in [2.24, 2.45) is 13.0 Å². The van der Waals surface area contributed by atoms with Gasteiger partial charge < -0.3 is 14.5 Å². The number of ether oxygens (including phenoxy) is 1. The molecular formula is C17H24N4O4. The summed E-state index contributed by atoms with van der Waals surface area (Å²) in [7, 11) is 3.18. The summed E-state index contributed by atoms with van der Waals surface area (Å²) in [6.07, 6.45) is 1.55. The number of amides is 2. The summed E-state index contributed by atoms with van der Waals surface area (Å²) in [5.41, 5.74) is 1.21. The van der Waals surface area contributed by atoms with Crippen LogP contribution in [0.15, 0.2) is 4.79 Å². The van der Waals surface area contributed by atoms with Gasteiger partial charge in [0.05, 0.1) is 30.3 Å². The Labute approximate surface area is 146 Å². The van der Waals surface area contributed by atoms with E-state index in [-0.39, 0.29) is 29.9 Å². The lowest BCUT2D eigenvalue weighted by Gasteiger charge is -2.33. The normalized spacial score (nSPS) is 19.9. The molecule has 1 aromatic rings. The van der Waals surface area contributed by atoms with Crippen molar-refractivity contribution in [3.63, 3.8) is 0 Å². The third kappa shape index (κ3) is 3.30. The Morgan fingerprint density at radius 3 is 2.76 bits per heavy atom. The predicted molar refractivity (Wildman–Crippen MR) is 89.6 cm³/mol. The number of methoxy groups -OCH3 is 1. The Hall–Kier alpha value is -2.22. The highest BCUT2D eigenvalue weighted by Crippen LogP contribution is 2.24. The summed E-state index contributed by atoms with van der Waals surface area (Å²) in [5.74, 6) is 0.323. The van der Waals surface area contributed by atoms with Crippen LogP contribution < -0.4 is 5.56 Å². The fraction of sp³-hybridized carbons (Fsp3) is 0.647. The minimum atomic E-state index is -0.228. The van der Waals surface area contributed by atoms with Crippen molar-refractivity contribution in [2.45, 2.75) is 32.9 Å². The van der Waals surface area contributed by atoms with E-state index >= 15 is 0 Å². The molecule has 8 nitrogen and oxygen atoms in total. The van der Waals surface area contributed by atoms with Crippen LogP contribution in [0, 0.1) is 12.8 Å². The zero-order valence-electron chi connectivity index (χ0n) is 14.9. The van der Waals surface area contributed by atoms with E-state index in [1.165, 1.54) is 11.7 Å². The molecule has 2 aliphatic heterocycles. The van der Waals surface area contributed by atoms with Crippen molar-refractivity contribution in [1.82, 2.24) is 19.4 Å². The highest BCUT2D eigenvalue weighted by Gasteiger charge is 2.35. The zero-order chi connectivity index (χ0) is 18.1. The maximum Gasteiger partial charge on any atom is 0.258 e. The number of carbonyl (C=O) groups is 2. The van der Waals surface area contributed by atoms with Crippen molar-refractivity contribution in [3.8, 4) is 0 Å². The molecule has 1 fully saturated rings. The van der Waals surface area contributed by atoms with Crippen LogP contribution in [-0.2, 0) is 34.5 Å². The molecule has 3 heterocycles. The van der Waals surface area contributed by atoms with Gasteiger partial charge in [-0.3, -0.25) is 19.0 Å². The first-order valence-electron chi connectivity index (χ1n) is 8.53. The molecule has 0 aliphatic carbocycles. The molecule has 0 aromatic carbocycles. The summed E-state index contributed by atoms with van der Waals surface area (Å²) < 4.78 is 6.41. The highest BCUT2D eigenvalue weighted by molar-refractivity contribution is 5.82. The molecule has 0 radical (unpaired) electrons. The number of carbonyl (C=O) groups excluding carboxylic acids is 2. The number of aryl methyl sites for hydroxylation is 1. The Balaban J connectivity index is 1.71. The number of hydrogen-bond acceptors (Lipinski definition) is 5. The van der Waals surface area contributed by atoms with Crippen LogP contribution in [0.2, 0.25) is 0 Å². The van der Waals surface area contributed by atoms with Crippen LogP contribution in [0.5, 0.6) is 0 Å². The summed E-state index contributed by atoms with van der Waals surface area (Å²) >= 11 is 0. The molecule has 0 N–H and O–H groups in total. The van der Waals surface area contributed by atoms with E-state index in [1.807, 2.05) is 0 Å². The van der Waals surface area contributed by atoms with Crippen molar-refractivity contribution >= 4 is 11.8 Å². The van der Waals surface area contributed by atoms with Gasteiger partial charge in [0.25, 0.3) is 5.56 Å². The minimum absolute atomic E-state index is 0.00683. The zero-order valence-corrected chi connectivity index (χ0v) is 14.9. The van der Waals surface area contributed by atoms with Crippen molar-refractivity contribution in [3.05, 3.63) is 27.4 Å². The topological polar surface area (TPSA) is 84.7 Å². The molecule has 1 saturated heterocycles. The molecule has 2 amide bonds. The van der Waals surface area contributed by atoms with Gasteiger partial charge in [0.2, 0.25) is 11.8 Å². The Kier molecular flexibility index (Phi) is 4.89. The smallest absolute Gasteiger partial charge is 0.258 e. The first-order valence-corrected chi connectivity index (χ1v) is 8.53. The molecule has 0 spiro atoms. The quantitative estimate of drug-likeness (QED) is 0.756.